The van der Waals surface area contributed by atoms with Gasteiger partial charge in [0.05, 0.1) is 35.9 Å². The van der Waals surface area contributed by atoms with Crippen molar-refractivity contribution < 1.29 is 14.6 Å². The first-order valence-corrected chi connectivity index (χ1v) is 8.35. The summed E-state index contributed by atoms with van der Waals surface area (Å²) < 4.78 is 6.10. The number of aryl methyl sites for hydroxylation is 1. The Kier molecular flexibility index (Phi) is 4.10. The van der Waals surface area contributed by atoms with Crippen LogP contribution >= 0.6 is 0 Å². The van der Waals surface area contributed by atoms with E-state index in [0.29, 0.717) is 18.6 Å². The van der Waals surface area contributed by atoms with E-state index in [2.05, 4.69) is 11.1 Å². The minimum atomic E-state index is -0.876. The lowest BCUT2D eigenvalue weighted by Gasteiger charge is -2.40. The van der Waals surface area contributed by atoms with Crippen LogP contribution in [-0.4, -0.2) is 22.7 Å². The Morgan fingerprint density at radius 3 is 2.92 bits per heavy atom. The topological polar surface area (TPSA) is 86.1 Å². The summed E-state index contributed by atoms with van der Waals surface area (Å²) in [7, 11) is 0. The SMILES string of the molecule is CCC(C)[C@@]1(CC(=O)O)OCCc2c1[nH]c1c(C)ccc(C#N)c21. The Bertz CT molecular complexity index is 846. The number of hydrogen-bond acceptors (Lipinski definition) is 3. The van der Waals surface area contributed by atoms with Gasteiger partial charge in [-0.2, -0.15) is 5.26 Å². The molecule has 2 heterocycles. The zero-order chi connectivity index (χ0) is 17.5. The number of fused-ring (bicyclic) bond motifs is 3. The number of nitriles is 1. The van der Waals surface area contributed by atoms with Gasteiger partial charge in [-0.1, -0.05) is 26.3 Å². The van der Waals surface area contributed by atoms with Gasteiger partial charge < -0.3 is 14.8 Å². The summed E-state index contributed by atoms with van der Waals surface area (Å²) in [6.45, 7) is 6.53. The minimum Gasteiger partial charge on any atom is -0.481 e. The van der Waals surface area contributed by atoms with Crippen molar-refractivity contribution >= 4 is 16.9 Å². The van der Waals surface area contributed by atoms with E-state index in [0.717, 1.165) is 34.1 Å². The molecule has 126 valence electrons. The molecule has 0 saturated carbocycles. The van der Waals surface area contributed by atoms with Crippen molar-refractivity contribution in [3.8, 4) is 6.07 Å². The molecule has 0 radical (unpaired) electrons. The second kappa shape index (κ2) is 5.95. The lowest BCUT2D eigenvalue weighted by molar-refractivity contribution is -0.155. The summed E-state index contributed by atoms with van der Waals surface area (Å²) in [6.07, 6.45) is 1.42. The van der Waals surface area contributed by atoms with E-state index in [9.17, 15) is 15.2 Å². The number of carbonyl (C=O) groups is 1. The van der Waals surface area contributed by atoms with Crippen molar-refractivity contribution in [1.29, 1.82) is 5.26 Å². The molecule has 0 fully saturated rings. The van der Waals surface area contributed by atoms with Crippen LogP contribution in [0.3, 0.4) is 0 Å². The number of rotatable bonds is 4. The highest BCUT2D eigenvalue weighted by atomic mass is 16.5. The average Bonchev–Trinajstić information content (AvgIpc) is 2.96. The number of H-pyrrole nitrogens is 1. The van der Waals surface area contributed by atoms with Crippen LogP contribution in [0.1, 0.15) is 49.1 Å². The maximum absolute atomic E-state index is 11.6. The molecule has 1 aromatic carbocycles. The Morgan fingerprint density at radius 1 is 1.54 bits per heavy atom. The molecule has 0 saturated heterocycles. The third-order valence-electron chi connectivity index (χ3n) is 5.34. The molecule has 5 heteroatoms. The number of carboxylic acid groups (broad SMARTS) is 1. The van der Waals surface area contributed by atoms with Crippen molar-refractivity contribution in [2.75, 3.05) is 6.61 Å². The molecule has 24 heavy (non-hydrogen) atoms. The fourth-order valence-corrected chi connectivity index (χ4v) is 3.88. The summed E-state index contributed by atoms with van der Waals surface area (Å²) in [5.74, 6) is -0.828. The molecule has 1 aliphatic heterocycles. The number of carboxylic acids is 1. The van der Waals surface area contributed by atoms with Crippen LogP contribution in [-0.2, 0) is 21.6 Å². The maximum Gasteiger partial charge on any atom is 0.306 e. The Hall–Kier alpha value is -2.32. The number of aliphatic carboxylic acids is 1. The largest absolute Gasteiger partial charge is 0.481 e. The van der Waals surface area contributed by atoms with Gasteiger partial charge in [-0.3, -0.25) is 4.79 Å². The normalized spacial score (nSPS) is 21.2. The molecule has 1 aliphatic rings. The minimum absolute atomic E-state index is 0.0477. The van der Waals surface area contributed by atoms with E-state index in [4.69, 9.17) is 4.74 Å². The van der Waals surface area contributed by atoms with Crippen LogP contribution in [0.2, 0.25) is 0 Å². The van der Waals surface area contributed by atoms with Crippen molar-refractivity contribution in [3.63, 3.8) is 0 Å². The number of aromatic amines is 1. The molecule has 0 amide bonds. The van der Waals surface area contributed by atoms with Gasteiger partial charge in [-0.05, 0) is 36.5 Å². The highest BCUT2D eigenvalue weighted by Gasteiger charge is 2.46. The van der Waals surface area contributed by atoms with Crippen molar-refractivity contribution in [3.05, 3.63) is 34.5 Å². The second-order valence-corrected chi connectivity index (χ2v) is 6.64. The van der Waals surface area contributed by atoms with Gasteiger partial charge in [-0.15, -0.1) is 0 Å². The Morgan fingerprint density at radius 2 is 2.29 bits per heavy atom. The van der Waals surface area contributed by atoms with Gasteiger partial charge in [0.15, 0.2) is 0 Å². The van der Waals surface area contributed by atoms with Crippen LogP contribution in [0.25, 0.3) is 10.9 Å². The lowest BCUT2D eigenvalue weighted by atomic mass is 9.77. The van der Waals surface area contributed by atoms with Gasteiger partial charge in [0, 0.05) is 5.39 Å². The van der Waals surface area contributed by atoms with E-state index in [1.165, 1.54) is 0 Å². The summed E-state index contributed by atoms with van der Waals surface area (Å²) in [6, 6.07) is 6.03. The summed E-state index contributed by atoms with van der Waals surface area (Å²) in [4.78, 5) is 15.0. The maximum atomic E-state index is 11.6. The van der Waals surface area contributed by atoms with E-state index in [1.54, 1.807) is 0 Å². The average molecular weight is 326 g/mol. The van der Waals surface area contributed by atoms with Gasteiger partial charge in [0.1, 0.15) is 5.60 Å². The van der Waals surface area contributed by atoms with E-state index in [-0.39, 0.29) is 12.3 Å². The molecule has 0 spiro atoms. The van der Waals surface area contributed by atoms with Crippen LogP contribution in [0.5, 0.6) is 0 Å². The quantitative estimate of drug-likeness (QED) is 0.898. The third kappa shape index (κ3) is 2.30. The van der Waals surface area contributed by atoms with Gasteiger partial charge in [-0.25, -0.2) is 0 Å². The van der Waals surface area contributed by atoms with Crippen molar-refractivity contribution in [2.45, 2.75) is 45.6 Å². The number of ether oxygens (including phenoxy) is 1. The van der Waals surface area contributed by atoms with Gasteiger partial charge >= 0.3 is 5.97 Å². The summed E-state index contributed by atoms with van der Waals surface area (Å²) in [5, 5.41) is 19.9. The first-order valence-electron chi connectivity index (χ1n) is 8.35. The molecule has 1 unspecified atom stereocenters. The van der Waals surface area contributed by atoms with Crippen LogP contribution in [0.15, 0.2) is 12.1 Å². The molecule has 3 rings (SSSR count). The first-order chi connectivity index (χ1) is 11.4. The fraction of sp³-hybridized carbons (Fsp3) is 0.474. The van der Waals surface area contributed by atoms with Crippen LogP contribution in [0.4, 0.5) is 0 Å². The first kappa shape index (κ1) is 16.5. The highest BCUT2D eigenvalue weighted by Crippen LogP contribution is 2.46. The Labute approximate surface area is 141 Å². The van der Waals surface area contributed by atoms with E-state index >= 15 is 0 Å². The summed E-state index contributed by atoms with van der Waals surface area (Å²) in [5.41, 5.74) is 3.61. The Balaban J connectivity index is 2.34. The highest BCUT2D eigenvalue weighted by molar-refractivity contribution is 5.93. The van der Waals surface area contributed by atoms with Crippen molar-refractivity contribution in [1.82, 2.24) is 4.98 Å². The smallest absolute Gasteiger partial charge is 0.306 e. The molecule has 2 aromatic rings. The lowest BCUT2D eigenvalue weighted by Crippen LogP contribution is -2.43. The predicted molar refractivity (Wildman–Crippen MR) is 90.8 cm³/mol. The number of benzene rings is 1. The van der Waals surface area contributed by atoms with E-state index in [1.807, 2.05) is 32.9 Å². The molecule has 2 N–H and O–H groups in total. The number of nitrogens with one attached hydrogen (secondary N) is 1. The predicted octanol–water partition coefficient (Wildman–Crippen LogP) is 3.64. The fourth-order valence-electron chi connectivity index (χ4n) is 3.88. The molecule has 2 atom stereocenters. The van der Waals surface area contributed by atoms with Gasteiger partial charge in [0.25, 0.3) is 0 Å². The number of aromatic nitrogens is 1. The van der Waals surface area contributed by atoms with E-state index < -0.39 is 11.6 Å². The van der Waals surface area contributed by atoms with Gasteiger partial charge in [0.2, 0.25) is 0 Å². The standard InChI is InChI=1S/C19H22N2O3/c1-4-12(3)19(9-15(22)23)18-14(7-8-24-19)16-13(10-20)6-5-11(2)17(16)21-18/h5-6,12,21H,4,7-9H2,1-3H3,(H,22,23)/t12?,19-/m1/s1. The molecular formula is C19H22N2O3. The zero-order valence-corrected chi connectivity index (χ0v) is 14.3. The molecule has 0 aliphatic carbocycles. The monoisotopic (exact) mass is 326 g/mol. The molecule has 0 bridgehead atoms. The molecular weight excluding hydrogens is 304 g/mol. The molecule has 5 nitrogen and oxygen atoms in total. The van der Waals surface area contributed by atoms with Crippen molar-refractivity contribution in [2.24, 2.45) is 5.92 Å². The van der Waals surface area contributed by atoms with Crippen LogP contribution in [0, 0.1) is 24.2 Å². The number of hydrogen-bond donors (Lipinski definition) is 2. The zero-order valence-electron chi connectivity index (χ0n) is 14.3. The third-order valence-corrected chi connectivity index (χ3v) is 5.34. The molecule has 1 aromatic heterocycles. The number of nitrogens with zero attached hydrogens (tertiary/aromatic N) is 1. The van der Waals surface area contributed by atoms with Crippen LogP contribution < -0.4 is 0 Å². The second-order valence-electron chi connectivity index (χ2n) is 6.64. The summed E-state index contributed by atoms with van der Waals surface area (Å²) >= 11 is 0.